The molecule has 0 amide bonds. The van der Waals surface area contributed by atoms with E-state index in [2.05, 4.69) is 128 Å². The van der Waals surface area contributed by atoms with Crippen molar-refractivity contribution in [2.45, 2.75) is 92.7 Å². The summed E-state index contributed by atoms with van der Waals surface area (Å²) in [6, 6.07) is 22.0. The molecule has 3 aromatic carbocycles. The summed E-state index contributed by atoms with van der Waals surface area (Å²) in [6.45, 7) is 22.4. The van der Waals surface area contributed by atoms with Gasteiger partial charge in [-0.3, -0.25) is 6.08 Å². The van der Waals surface area contributed by atoms with Crippen LogP contribution in [0.15, 0.2) is 71.8 Å². The summed E-state index contributed by atoms with van der Waals surface area (Å²) in [4.78, 5) is 0. The van der Waals surface area contributed by atoms with Crippen LogP contribution in [0.3, 0.4) is 0 Å². The first-order chi connectivity index (χ1) is 19.9. The number of fused-ring (bicyclic) bond motifs is 3. The van der Waals surface area contributed by atoms with Gasteiger partial charge in [0.2, 0.25) is 0 Å². The molecule has 0 bridgehead atoms. The van der Waals surface area contributed by atoms with Gasteiger partial charge in [-0.1, -0.05) is 121 Å². The van der Waals surface area contributed by atoms with Crippen molar-refractivity contribution < 1.29 is 37.4 Å². The van der Waals surface area contributed by atoms with Gasteiger partial charge >= 0.3 is 34.6 Å². The van der Waals surface area contributed by atoms with Crippen molar-refractivity contribution in [3.8, 4) is 11.1 Å². The van der Waals surface area contributed by atoms with E-state index in [1.54, 1.807) is 0 Å². The van der Waals surface area contributed by atoms with Gasteiger partial charge in [-0.2, -0.15) is 84.5 Å². The van der Waals surface area contributed by atoms with Gasteiger partial charge in [-0.15, -0.1) is 5.56 Å². The number of allylic oxidation sites excluding steroid dienone is 4. The van der Waals surface area contributed by atoms with Crippen LogP contribution in [0.25, 0.3) is 11.1 Å². The van der Waals surface area contributed by atoms with E-state index in [1.807, 2.05) is 0 Å². The van der Waals surface area contributed by atoms with Crippen LogP contribution in [-0.2, 0) is 47.7 Å². The average Bonchev–Trinajstić information content (AvgIpc) is 3.47. The van der Waals surface area contributed by atoms with Crippen molar-refractivity contribution in [3.63, 3.8) is 0 Å². The molecule has 1 unspecified atom stereocenters. The first-order valence-corrected chi connectivity index (χ1v) is 16.5. The van der Waals surface area contributed by atoms with E-state index in [1.165, 1.54) is 80.9 Å². The van der Waals surface area contributed by atoms with Gasteiger partial charge in [-0.25, -0.2) is 5.57 Å². The van der Waals surface area contributed by atoms with Crippen molar-refractivity contribution in [1.82, 2.24) is 0 Å². The molecule has 0 fully saturated rings. The van der Waals surface area contributed by atoms with Crippen LogP contribution in [0.4, 0.5) is 13.2 Å². The summed E-state index contributed by atoms with van der Waals surface area (Å²) < 4.78 is 38.7. The second kappa shape index (κ2) is 15.1. The van der Waals surface area contributed by atoms with Gasteiger partial charge in [0.05, 0.1) is 0 Å². The van der Waals surface area contributed by atoms with Gasteiger partial charge < -0.3 is 0 Å². The fourth-order valence-electron chi connectivity index (χ4n) is 5.05. The van der Waals surface area contributed by atoms with Gasteiger partial charge in [0, 0.05) is 0 Å². The summed E-state index contributed by atoms with van der Waals surface area (Å²) >= 11 is 1.30. The number of benzene rings is 3. The molecule has 0 radical (unpaired) electrons. The Hall–Kier alpha value is -2.32. The summed E-state index contributed by atoms with van der Waals surface area (Å²) in [7, 11) is 0. The maximum atomic E-state index is 11.8. The first kappa shape index (κ1) is 36.9. The SMILES string of the molecule is CC(C)(C)c1c[c-]c2c(c1)-c1cc(C(C)(C)C)ccc1C2.CC1=[C-]C(C)C=C1C(C)C.FC(F)(F)c1cc[c-]cc1.[CH2]=[Zr]. The van der Waals surface area contributed by atoms with Crippen molar-refractivity contribution in [1.29, 1.82) is 0 Å². The van der Waals surface area contributed by atoms with Crippen LogP contribution in [0.2, 0.25) is 0 Å². The second-order valence-corrected chi connectivity index (χ2v) is 13.5. The molecule has 0 aliphatic heterocycles. The van der Waals surface area contributed by atoms with Crippen LogP contribution in [0.5, 0.6) is 0 Å². The zero-order valence-corrected chi connectivity index (χ0v) is 29.9. The molecule has 0 saturated heterocycles. The average molecular weight is 663 g/mol. The zero-order valence-electron chi connectivity index (χ0n) is 27.5. The fraction of sp³-hybridized carbons (Fsp3) is 0.410. The number of hydrogen-bond donors (Lipinski definition) is 0. The quantitative estimate of drug-likeness (QED) is 0.178. The Morgan fingerprint density at radius 1 is 0.837 bits per heavy atom. The van der Waals surface area contributed by atoms with E-state index >= 15 is 0 Å². The number of alkyl halides is 3. The van der Waals surface area contributed by atoms with Crippen molar-refractivity contribution in [2.24, 2.45) is 11.8 Å². The van der Waals surface area contributed by atoms with Crippen molar-refractivity contribution in [3.05, 3.63) is 118 Å². The Balaban J connectivity index is 0.000000246. The third-order valence-corrected chi connectivity index (χ3v) is 7.50. The van der Waals surface area contributed by atoms with Crippen LogP contribution >= 0.6 is 0 Å². The molecule has 230 valence electrons. The third kappa shape index (κ3) is 10.4. The molecule has 43 heavy (non-hydrogen) atoms. The molecule has 0 heterocycles. The predicted molar refractivity (Wildman–Crippen MR) is 173 cm³/mol. The van der Waals surface area contributed by atoms with Gasteiger partial charge in [-0.05, 0) is 17.4 Å². The van der Waals surface area contributed by atoms with Crippen LogP contribution in [-0.4, -0.2) is 4.21 Å². The van der Waals surface area contributed by atoms with E-state index in [9.17, 15) is 13.2 Å². The molecule has 0 aromatic heterocycles. The van der Waals surface area contributed by atoms with Crippen molar-refractivity contribution in [2.75, 3.05) is 0 Å². The Bertz CT molecular complexity index is 1350. The van der Waals surface area contributed by atoms with Gasteiger partial charge in [0.1, 0.15) is 0 Å². The molecular weight excluding hydrogens is 617 g/mol. The van der Waals surface area contributed by atoms with Crippen LogP contribution in [0, 0.1) is 30.0 Å². The summed E-state index contributed by atoms with van der Waals surface area (Å²) in [5, 5.41) is 0. The topological polar surface area (TPSA) is 0 Å². The summed E-state index contributed by atoms with van der Waals surface area (Å²) in [5.74, 6) is 1.20. The standard InChI is InChI=1S/C21H25.C10H15.C7H4F3.CH2.Zr/c1-20(2,3)16-9-7-14-11-15-8-10-17(21(4,5)6)13-19(15)18(14)12-16;1-7(2)10-6-8(3)5-9(10)4;8-7(9,10)6-4-2-1-3-5-6;;/h7,9-10,12-13H,11H2,1-6H3;6-8H,1-4H3;2-5H;1H2;/q3*-1;;. The Kier molecular flexibility index (Phi) is 13.0. The van der Waals surface area contributed by atoms with Crippen molar-refractivity contribution >= 4 is 4.21 Å². The molecule has 4 heteroatoms. The molecular formula is C39H46F3Zr-3. The van der Waals surface area contributed by atoms with E-state index in [0.29, 0.717) is 11.8 Å². The number of rotatable bonds is 1. The normalized spacial score (nSPS) is 15.4. The number of halogens is 3. The summed E-state index contributed by atoms with van der Waals surface area (Å²) in [5.41, 5.74) is 11.0. The maximum absolute atomic E-state index is 11.8. The Morgan fingerprint density at radius 2 is 1.40 bits per heavy atom. The molecule has 3 aromatic rings. The minimum atomic E-state index is -4.23. The predicted octanol–water partition coefficient (Wildman–Crippen LogP) is 11.1. The van der Waals surface area contributed by atoms with E-state index in [-0.39, 0.29) is 10.8 Å². The van der Waals surface area contributed by atoms with E-state index in [0.717, 1.165) is 18.6 Å². The Morgan fingerprint density at radius 3 is 1.81 bits per heavy atom. The summed E-state index contributed by atoms with van der Waals surface area (Å²) in [6.07, 6.45) is 2.48. The second-order valence-electron chi connectivity index (χ2n) is 13.5. The van der Waals surface area contributed by atoms with E-state index in [4.69, 9.17) is 0 Å². The molecule has 0 saturated carbocycles. The van der Waals surface area contributed by atoms with Crippen LogP contribution < -0.4 is 0 Å². The molecule has 2 aliphatic carbocycles. The van der Waals surface area contributed by atoms with Gasteiger partial charge in [0.25, 0.3) is 0 Å². The van der Waals surface area contributed by atoms with Crippen LogP contribution in [0.1, 0.15) is 97.1 Å². The molecule has 2 aliphatic rings. The first-order valence-electron chi connectivity index (χ1n) is 14.8. The Labute approximate surface area is 273 Å². The number of hydrogen-bond acceptors (Lipinski definition) is 0. The molecule has 0 spiro atoms. The third-order valence-electron chi connectivity index (χ3n) is 7.50. The van der Waals surface area contributed by atoms with E-state index < -0.39 is 11.7 Å². The zero-order chi connectivity index (χ0) is 32.8. The molecule has 5 rings (SSSR count). The molecule has 0 nitrogen and oxygen atoms in total. The van der Waals surface area contributed by atoms with Gasteiger partial charge in [0.15, 0.2) is 0 Å². The fourth-order valence-corrected chi connectivity index (χ4v) is 5.05. The minimum absolute atomic E-state index is 0.177. The monoisotopic (exact) mass is 661 g/mol. The molecule has 0 N–H and O–H groups in total. The molecule has 1 atom stereocenters.